The Hall–Kier alpha value is -2.61. The molecule has 1 atom stereocenters. The number of carbonyl (C=O) groups is 3. The molecule has 1 aromatic carbocycles. The van der Waals surface area contributed by atoms with Crippen molar-refractivity contribution in [3.8, 4) is 0 Å². The molecule has 2 fully saturated rings. The summed E-state index contributed by atoms with van der Waals surface area (Å²) < 4.78 is 10.1. The molecule has 0 radical (unpaired) electrons. The molecule has 8 nitrogen and oxygen atoms in total. The van der Waals surface area contributed by atoms with Gasteiger partial charge in [-0.15, -0.1) is 0 Å². The number of esters is 1. The van der Waals surface area contributed by atoms with Gasteiger partial charge < -0.3 is 24.6 Å². The van der Waals surface area contributed by atoms with Crippen molar-refractivity contribution < 1.29 is 23.9 Å². The molecule has 0 spiro atoms. The standard InChI is InChI=1S/C18H23N3O5/c1-25-17(23)13-4-6-14(7-5-13)19-18(24)21-10-8-20(9-11-21)16(22)15-3-2-12-26-15/h4-7,15H,2-3,8-12H2,1H3,(H,19,24)/t15-/m1/s1. The lowest BCUT2D eigenvalue weighted by Gasteiger charge is -2.35. The first-order valence-corrected chi connectivity index (χ1v) is 8.73. The topological polar surface area (TPSA) is 88.2 Å². The largest absolute Gasteiger partial charge is 0.465 e. The summed E-state index contributed by atoms with van der Waals surface area (Å²) in [5.74, 6) is -0.393. The summed E-state index contributed by atoms with van der Waals surface area (Å²) in [4.78, 5) is 39.6. The lowest BCUT2D eigenvalue weighted by molar-refractivity contribution is -0.142. The number of methoxy groups -OCH3 is 1. The molecular weight excluding hydrogens is 338 g/mol. The van der Waals surface area contributed by atoms with Crippen LogP contribution in [0, 0.1) is 0 Å². The highest BCUT2D eigenvalue weighted by Crippen LogP contribution is 2.17. The third-order valence-electron chi connectivity index (χ3n) is 4.64. The Kier molecular flexibility index (Phi) is 5.72. The quantitative estimate of drug-likeness (QED) is 0.821. The molecule has 26 heavy (non-hydrogen) atoms. The van der Waals surface area contributed by atoms with E-state index in [1.807, 2.05) is 0 Å². The van der Waals surface area contributed by atoms with E-state index < -0.39 is 5.97 Å². The van der Waals surface area contributed by atoms with Gasteiger partial charge in [-0.3, -0.25) is 4.79 Å². The van der Waals surface area contributed by atoms with Crippen LogP contribution in [0.2, 0.25) is 0 Å². The molecular formula is C18H23N3O5. The molecule has 0 unspecified atom stereocenters. The minimum absolute atomic E-state index is 0.0287. The van der Waals surface area contributed by atoms with Crippen molar-refractivity contribution in [2.75, 3.05) is 45.2 Å². The molecule has 1 N–H and O–H groups in total. The van der Waals surface area contributed by atoms with Gasteiger partial charge in [0.25, 0.3) is 5.91 Å². The summed E-state index contributed by atoms with van der Waals surface area (Å²) in [5.41, 5.74) is 1.02. The summed E-state index contributed by atoms with van der Waals surface area (Å²) in [5, 5.41) is 2.80. The monoisotopic (exact) mass is 361 g/mol. The van der Waals surface area contributed by atoms with E-state index >= 15 is 0 Å². The van der Waals surface area contributed by atoms with Gasteiger partial charge in [0, 0.05) is 38.5 Å². The van der Waals surface area contributed by atoms with Crippen molar-refractivity contribution in [3.63, 3.8) is 0 Å². The number of piperazine rings is 1. The number of benzene rings is 1. The summed E-state index contributed by atoms with van der Waals surface area (Å²) in [7, 11) is 1.32. The summed E-state index contributed by atoms with van der Waals surface area (Å²) in [6.45, 7) is 2.61. The van der Waals surface area contributed by atoms with Crippen LogP contribution in [0.15, 0.2) is 24.3 Å². The van der Waals surface area contributed by atoms with Crippen LogP contribution >= 0.6 is 0 Å². The normalized spacial score (nSPS) is 20.0. The van der Waals surface area contributed by atoms with Gasteiger partial charge in [0.2, 0.25) is 0 Å². The van der Waals surface area contributed by atoms with Gasteiger partial charge >= 0.3 is 12.0 Å². The molecule has 2 saturated heterocycles. The van der Waals surface area contributed by atoms with E-state index in [2.05, 4.69) is 10.1 Å². The van der Waals surface area contributed by atoms with Crippen molar-refractivity contribution in [1.29, 1.82) is 0 Å². The van der Waals surface area contributed by atoms with E-state index in [1.165, 1.54) is 7.11 Å². The van der Waals surface area contributed by atoms with Gasteiger partial charge in [0.05, 0.1) is 12.7 Å². The Bertz CT molecular complexity index is 662. The van der Waals surface area contributed by atoms with E-state index in [9.17, 15) is 14.4 Å². The van der Waals surface area contributed by atoms with Crippen LogP contribution in [0.4, 0.5) is 10.5 Å². The third kappa shape index (κ3) is 4.13. The predicted molar refractivity (Wildman–Crippen MR) is 93.9 cm³/mol. The Morgan fingerprint density at radius 2 is 1.73 bits per heavy atom. The number of anilines is 1. The van der Waals surface area contributed by atoms with Crippen molar-refractivity contribution >= 4 is 23.6 Å². The average molecular weight is 361 g/mol. The second-order valence-electron chi connectivity index (χ2n) is 6.31. The Morgan fingerprint density at radius 1 is 1.08 bits per heavy atom. The number of hydrogen-bond acceptors (Lipinski definition) is 5. The van der Waals surface area contributed by atoms with Gasteiger partial charge in [-0.25, -0.2) is 9.59 Å². The average Bonchev–Trinajstić information content (AvgIpc) is 3.22. The highest BCUT2D eigenvalue weighted by Gasteiger charge is 2.31. The predicted octanol–water partition coefficient (Wildman–Crippen LogP) is 1.33. The number of urea groups is 1. The number of carbonyl (C=O) groups excluding carboxylic acids is 3. The summed E-state index contributed by atoms with van der Waals surface area (Å²) >= 11 is 0. The van der Waals surface area contributed by atoms with Gasteiger partial charge in [-0.2, -0.15) is 0 Å². The Labute approximate surface area is 152 Å². The molecule has 3 amide bonds. The van der Waals surface area contributed by atoms with Crippen LogP contribution in [0.5, 0.6) is 0 Å². The van der Waals surface area contributed by atoms with Gasteiger partial charge in [-0.05, 0) is 37.1 Å². The van der Waals surface area contributed by atoms with Gasteiger partial charge in [-0.1, -0.05) is 0 Å². The van der Waals surface area contributed by atoms with Crippen LogP contribution in [0.25, 0.3) is 0 Å². The second kappa shape index (κ2) is 8.18. The highest BCUT2D eigenvalue weighted by atomic mass is 16.5. The Morgan fingerprint density at radius 3 is 2.31 bits per heavy atom. The number of ether oxygens (including phenoxy) is 2. The molecule has 3 rings (SSSR count). The van der Waals surface area contributed by atoms with Crippen LogP contribution < -0.4 is 5.32 Å². The van der Waals surface area contributed by atoms with Crippen molar-refractivity contribution in [2.24, 2.45) is 0 Å². The number of hydrogen-bond donors (Lipinski definition) is 1. The van der Waals surface area contributed by atoms with Crippen LogP contribution in [0.3, 0.4) is 0 Å². The maximum absolute atomic E-state index is 12.4. The lowest BCUT2D eigenvalue weighted by Crippen LogP contribution is -2.53. The van der Waals surface area contributed by atoms with E-state index in [1.54, 1.807) is 34.1 Å². The number of rotatable bonds is 3. The zero-order valence-electron chi connectivity index (χ0n) is 14.8. The smallest absolute Gasteiger partial charge is 0.337 e. The third-order valence-corrected chi connectivity index (χ3v) is 4.64. The zero-order valence-corrected chi connectivity index (χ0v) is 14.8. The van der Waals surface area contributed by atoms with Crippen LogP contribution in [0.1, 0.15) is 23.2 Å². The van der Waals surface area contributed by atoms with Crippen molar-refractivity contribution in [3.05, 3.63) is 29.8 Å². The first kappa shape index (κ1) is 18.2. The number of nitrogens with one attached hydrogen (secondary N) is 1. The molecule has 0 bridgehead atoms. The number of amides is 3. The van der Waals surface area contributed by atoms with E-state index in [4.69, 9.17) is 4.74 Å². The fourth-order valence-electron chi connectivity index (χ4n) is 3.12. The van der Waals surface area contributed by atoms with Crippen molar-refractivity contribution in [2.45, 2.75) is 18.9 Å². The highest BCUT2D eigenvalue weighted by molar-refractivity contribution is 5.92. The maximum atomic E-state index is 12.4. The molecule has 2 aliphatic heterocycles. The molecule has 0 saturated carbocycles. The second-order valence-corrected chi connectivity index (χ2v) is 6.31. The molecule has 0 aliphatic carbocycles. The summed E-state index contributed by atoms with van der Waals surface area (Å²) in [6, 6.07) is 6.28. The first-order chi connectivity index (χ1) is 12.6. The van der Waals surface area contributed by atoms with E-state index in [0.29, 0.717) is 44.0 Å². The van der Waals surface area contributed by atoms with Crippen LogP contribution in [-0.4, -0.2) is 73.7 Å². The van der Waals surface area contributed by atoms with Crippen molar-refractivity contribution in [1.82, 2.24) is 9.80 Å². The Balaban J connectivity index is 1.49. The molecule has 1 aromatic rings. The fourth-order valence-corrected chi connectivity index (χ4v) is 3.12. The van der Waals surface area contributed by atoms with Gasteiger partial charge in [0.1, 0.15) is 6.10 Å². The number of nitrogens with zero attached hydrogens (tertiary/aromatic N) is 2. The first-order valence-electron chi connectivity index (χ1n) is 8.73. The minimum Gasteiger partial charge on any atom is -0.465 e. The molecule has 0 aromatic heterocycles. The SMILES string of the molecule is COC(=O)c1ccc(NC(=O)N2CCN(C(=O)[C@H]3CCCO3)CC2)cc1. The lowest BCUT2D eigenvalue weighted by atomic mass is 10.2. The molecule has 2 heterocycles. The van der Waals surface area contributed by atoms with E-state index in [-0.39, 0.29) is 18.0 Å². The summed E-state index contributed by atoms with van der Waals surface area (Å²) in [6.07, 6.45) is 1.39. The molecule has 2 aliphatic rings. The maximum Gasteiger partial charge on any atom is 0.337 e. The molecule has 140 valence electrons. The van der Waals surface area contributed by atoms with E-state index in [0.717, 1.165) is 12.8 Å². The zero-order chi connectivity index (χ0) is 18.5. The van der Waals surface area contributed by atoms with Gasteiger partial charge in [0.15, 0.2) is 0 Å². The molecule has 8 heteroatoms. The fraction of sp³-hybridized carbons (Fsp3) is 0.500. The minimum atomic E-state index is -0.421. The van der Waals surface area contributed by atoms with Crippen LogP contribution in [-0.2, 0) is 14.3 Å².